The van der Waals surface area contributed by atoms with Crippen LogP contribution in [0.1, 0.15) is 17.2 Å². The van der Waals surface area contributed by atoms with Crippen molar-refractivity contribution in [2.24, 2.45) is 0 Å². The summed E-state index contributed by atoms with van der Waals surface area (Å²) in [7, 11) is 0. The molecule has 1 N–H and O–H groups in total. The first-order valence-corrected chi connectivity index (χ1v) is 10.0. The number of hydrogen-bond donors (Lipinski definition) is 1. The summed E-state index contributed by atoms with van der Waals surface area (Å²) < 4.78 is 9.87. The van der Waals surface area contributed by atoms with Gasteiger partial charge in [-0.3, -0.25) is 4.79 Å². The van der Waals surface area contributed by atoms with Crippen molar-refractivity contribution in [2.45, 2.75) is 6.10 Å². The number of benzene rings is 3. The molecule has 0 saturated heterocycles. The minimum atomic E-state index is -0.303. The molecule has 0 saturated carbocycles. The molecule has 1 aromatic heterocycles. The number of nitrogens with zero attached hydrogens (tertiary/aromatic N) is 2. The second kappa shape index (κ2) is 9.23. The molecule has 1 heterocycles. The van der Waals surface area contributed by atoms with Crippen LogP contribution in [0.15, 0.2) is 90.3 Å². The Bertz CT molecular complexity index is 997. The van der Waals surface area contributed by atoms with E-state index in [4.69, 9.17) is 4.74 Å². The molecule has 0 atom stereocenters. The largest absolute Gasteiger partial charge is 0.359 e. The molecule has 4 rings (SSSR count). The Morgan fingerprint density at radius 2 is 1.52 bits per heavy atom. The van der Waals surface area contributed by atoms with Crippen LogP contribution in [-0.4, -0.2) is 22.1 Å². The van der Waals surface area contributed by atoms with E-state index in [2.05, 4.69) is 14.9 Å². The molecule has 0 fully saturated rings. The summed E-state index contributed by atoms with van der Waals surface area (Å²) in [5.74, 6) is -0.204. The summed E-state index contributed by atoms with van der Waals surface area (Å²) in [4.78, 5) is 12.4. The SMILES string of the molecule is O=C(COC(c1ccccc1)c1ccccc1)Nc1ccc(-c2csnn2)cc1. The Hall–Kier alpha value is -3.35. The van der Waals surface area contributed by atoms with Crippen molar-refractivity contribution in [3.05, 3.63) is 101 Å². The summed E-state index contributed by atoms with van der Waals surface area (Å²) in [6.07, 6.45) is -0.303. The lowest BCUT2D eigenvalue weighted by atomic mass is 10.0. The van der Waals surface area contributed by atoms with E-state index in [0.29, 0.717) is 5.69 Å². The summed E-state index contributed by atoms with van der Waals surface area (Å²) in [5.41, 5.74) is 4.51. The Kier molecular flexibility index (Phi) is 6.04. The van der Waals surface area contributed by atoms with Crippen LogP contribution in [0.2, 0.25) is 0 Å². The predicted octanol–water partition coefficient (Wildman–Crippen LogP) is 4.95. The summed E-state index contributed by atoms with van der Waals surface area (Å²) in [5, 5.41) is 8.80. The lowest BCUT2D eigenvalue weighted by Gasteiger charge is -2.19. The molecule has 0 aliphatic rings. The maximum atomic E-state index is 12.4. The Labute approximate surface area is 173 Å². The van der Waals surface area contributed by atoms with Crippen molar-refractivity contribution in [1.82, 2.24) is 9.59 Å². The van der Waals surface area contributed by atoms with E-state index in [1.54, 1.807) is 0 Å². The van der Waals surface area contributed by atoms with Gasteiger partial charge in [-0.05, 0) is 34.8 Å². The molecule has 0 radical (unpaired) electrons. The second-order valence-electron chi connectivity index (χ2n) is 6.43. The fraction of sp³-hybridized carbons (Fsp3) is 0.0870. The third-order valence-corrected chi connectivity index (χ3v) is 4.91. The number of nitrogens with one attached hydrogen (secondary N) is 1. The number of amides is 1. The molecule has 3 aromatic carbocycles. The van der Waals surface area contributed by atoms with Gasteiger partial charge >= 0.3 is 0 Å². The van der Waals surface area contributed by atoms with Gasteiger partial charge in [0, 0.05) is 16.6 Å². The van der Waals surface area contributed by atoms with Gasteiger partial charge in [0.2, 0.25) is 5.91 Å². The lowest BCUT2D eigenvalue weighted by molar-refractivity contribution is -0.121. The van der Waals surface area contributed by atoms with Crippen LogP contribution in [-0.2, 0) is 9.53 Å². The van der Waals surface area contributed by atoms with E-state index in [0.717, 1.165) is 22.4 Å². The molecule has 6 heteroatoms. The van der Waals surface area contributed by atoms with E-state index in [9.17, 15) is 4.79 Å². The van der Waals surface area contributed by atoms with Crippen molar-refractivity contribution in [3.8, 4) is 11.3 Å². The quantitative estimate of drug-likeness (QED) is 0.476. The number of hydrogen-bond acceptors (Lipinski definition) is 5. The number of rotatable bonds is 7. The molecule has 0 aliphatic carbocycles. The van der Waals surface area contributed by atoms with Crippen LogP contribution < -0.4 is 5.32 Å². The molecule has 29 heavy (non-hydrogen) atoms. The Morgan fingerprint density at radius 1 is 0.897 bits per heavy atom. The topological polar surface area (TPSA) is 64.1 Å². The molecule has 4 aromatic rings. The predicted molar refractivity (Wildman–Crippen MR) is 115 cm³/mol. The third kappa shape index (κ3) is 4.93. The molecule has 0 bridgehead atoms. The van der Waals surface area contributed by atoms with E-state index < -0.39 is 0 Å². The first-order valence-electron chi connectivity index (χ1n) is 9.18. The number of carbonyl (C=O) groups is 1. The van der Waals surface area contributed by atoms with Crippen LogP contribution in [0.4, 0.5) is 5.69 Å². The summed E-state index contributed by atoms with van der Waals surface area (Å²) in [6, 6.07) is 27.3. The van der Waals surface area contributed by atoms with E-state index in [1.807, 2.05) is 90.3 Å². The average Bonchev–Trinajstić information content (AvgIpc) is 3.31. The standard InChI is InChI=1S/C23H19N3O2S/c27-22(24-20-13-11-17(12-14-20)21-16-29-26-25-21)15-28-23(18-7-3-1-4-8-18)19-9-5-2-6-10-19/h1-14,16,23H,15H2,(H,24,27). The van der Waals surface area contributed by atoms with Gasteiger partial charge < -0.3 is 10.1 Å². The first-order chi connectivity index (χ1) is 14.3. The smallest absolute Gasteiger partial charge is 0.250 e. The molecular formula is C23H19N3O2S. The van der Waals surface area contributed by atoms with Crippen LogP contribution in [0, 0.1) is 0 Å². The monoisotopic (exact) mass is 401 g/mol. The highest BCUT2D eigenvalue weighted by Crippen LogP contribution is 2.26. The van der Waals surface area contributed by atoms with Crippen molar-refractivity contribution >= 4 is 23.1 Å². The average molecular weight is 401 g/mol. The molecule has 0 spiro atoms. The fourth-order valence-corrected chi connectivity index (χ4v) is 3.48. The van der Waals surface area contributed by atoms with Crippen LogP contribution in [0.3, 0.4) is 0 Å². The number of anilines is 1. The molecule has 0 unspecified atom stereocenters. The van der Waals surface area contributed by atoms with Gasteiger partial charge in [0.05, 0.1) is 0 Å². The molecule has 5 nitrogen and oxygen atoms in total. The van der Waals surface area contributed by atoms with Crippen molar-refractivity contribution in [1.29, 1.82) is 0 Å². The highest BCUT2D eigenvalue weighted by Gasteiger charge is 2.16. The molecular weight excluding hydrogens is 382 g/mol. The van der Waals surface area contributed by atoms with Crippen LogP contribution in [0.25, 0.3) is 11.3 Å². The van der Waals surface area contributed by atoms with Crippen molar-refractivity contribution in [2.75, 3.05) is 11.9 Å². The van der Waals surface area contributed by atoms with Gasteiger partial charge in [-0.2, -0.15) is 0 Å². The molecule has 144 valence electrons. The fourth-order valence-electron chi connectivity index (χ4n) is 3.01. The van der Waals surface area contributed by atoms with Gasteiger partial charge in [-0.1, -0.05) is 77.3 Å². The number of aromatic nitrogens is 2. The van der Waals surface area contributed by atoms with Gasteiger partial charge in [0.1, 0.15) is 18.4 Å². The molecule has 0 aliphatic heterocycles. The third-order valence-electron chi connectivity index (χ3n) is 4.41. The Morgan fingerprint density at radius 3 is 2.07 bits per heavy atom. The van der Waals surface area contributed by atoms with E-state index in [-0.39, 0.29) is 18.6 Å². The van der Waals surface area contributed by atoms with E-state index in [1.165, 1.54) is 11.5 Å². The number of carbonyl (C=O) groups excluding carboxylic acids is 1. The zero-order valence-corrected chi connectivity index (χ0v) is 16.4. The maximum Gasteiger partial charge on any atom is 0.250 e. The normalized spacial score (nSPS) is 10.8. The Balaban J connectivity index is 1.40. The second-order valence-corrected chi connectivity index (χ2v) is 7.04. The van der Waals surface area contributed by atoms with Gasteiger partial charge in [-0.25, -0.2) is 0 Å². The number of ether oxygens (including phenoxy) is 1. The van der Waals surface area contributed by atoms with Gasteiger partial charge in [-0.15, -0.1) is 5.10 Å². The van der Waals surface area contributed by atoms with Gasteiger partial charge in [0.25, 0.3) is 0 Å². The first kappa shape index (κ1) is 19.0. The van der Waals surface area contributed by atoms with Crippen molar-refractivity contribution < 1.29 is 9.53 Å². The summed E-state index contributed by atoms with van der Waals surface area (Å²) >= 11 is 1.31. The van der Waals surface area contributed by atoms with E-state index >= 15 is 0 Å². The van der Waals surface area contributed by atoms with Gasteiger partial charge in [0.15, 0.2) is 0 Å². The zero-order valence-electron chi connectivity index (χ0n) is 15.6. The van der Waals surface area contributed by atoms with Crippen molar-refractivity contribution in [3.63, 3.8) is 0 Å². The highest BCUT2D eigenvalue weighted by molar-refractivity contribution is 7.03. The highest BCUT2D eigenvalue weighted by atomic mass is 32.1. The van der Waals surface area contributed by atoms with Crippen LogP contribution in [0.5, 0.6) is 0 Å². The van der Waals surface area contributed by atoms with Crippen LogP contribution >= 0.6 is 11.5 Å². The lowest BCUT2D eigenvalue weighted by Crippen LogP contribution is -2.20. The minimum absolute atomic E-state index is 0.0494. The maximum absolute atomic E-state index is 12.4. The molecule has 1 amide bonds. The minimum Gasteiger partial charge on any atom is -0.359 e. The zero-order chi connectivity index (χ0) is 19.9. The summed E-state index contributed by atoms with van der Waals surface area (Å²) in [6.45, 7) is -0.0494.